The monoisotopic (exact) mass is 288 g/mol. The van der Waals surface area contributed by atoms with Gasteiger partial charge in [0.15, 0.2) is 0 Å². The van der Waals surface area contributed by atoms with Gasteiger partial charge in [-0.05, 0) is 54.4 Å². The molecule has 0 aliphatic rings. The first-order chi connectivity index (χ1) is 8.91. The normalized spacial score (nSPS) is 16.9. The summed E-state index contributed by atoms with van der Waals surface area (Å²) in [6, 6.07) is 0. The van der Waals surface area contributed by atoms with Crippen LogP contribution in [-0.4, -0.2) is 23.4 Å². The van der Waals surface area contributed by atoms with Crippen molar-refractivity contribution in [3.63, 3.8) is 0 Å². The highest BCUT2D eigenvalue weighted by Gasteiger charge is 2.18. The van der Waals surface area contributed by atoms with Gasteiger partial charge in [-0.2, -0.15) is 0 Å². The van der Waals surface area contributed by atoms with Crippen LogP contribution in [0.5, 0.6) is 0 Å². The Hall–Kier alpha value is -0.420. The Labute approximate surface area is 124 Å². The van der Waals surface area contributed by atoms with Gasteiger partial charge in [0.05, 0.1) is 11.2 Å². The molecule has 2 atom stereocenters. The Morgan fingerprint density at radius 1 is 0.700 bits per heavy atom. The molecule has 0 aromatic carbocycles. The van der Waals surface area contributed by atoms with Crippen LogP contribution in [0.2, 0.25) is 0 Å². The van der Waals surface area contributed by atoms with Crippen LogP contribution in [0, 0.1) is 5.92 Å². The number of hydrogen-bond donors (Lipinski definition) is 0. The summed E-state index contributed by atoms with van der Waals surface area (Å²) in [5.74, 6) is 0.310. The second kappa shape index (κ2) is 8.13. The predicted octanol–water partition coefficient (Wildman–Crippen LogP) is 4.45. The highest BCUT2D eigenvalue weighted by molar-refractivity contribution is 4.94. The Bertz CT molecular complexity index is 284. The summed E-state index contributed by atoms with van der Waals surface area (Å²) in [5, 5.41) is 0. The van der Waals surface area contributed by atoms with Crippen molar-refractivity contribution in [2.24, 2.45) is 5.92 Å². The van der Waals surface area contributed by atoms with Crippen molar-refractivity contribution in [3.05, 3.63) is 12.2 Å². The van der Waals surface area contributed by atoms with Gasteiger partial charge in [0.25, 0.3) is 0 Å². The van der Waals surface area contributed by atoms with Crippen molar-refractivity contribution in [2.75, 3.05) is 0 Å². The lowest BCUT2D eigenvalue weighted by Gasteiger charge is -2.24. The van der Waals surface area contributed by atoms with Crippen LogP contribution in [0.4, 0.5) is 0 Å². The fraction of sp³-hybridized carbons (Fsp3) is 0.875. The van der Waals surface area contributed by atoms with E-state index in [9.17, 15) is 0 Å². The minimum atomic E-state index is -0.321. The maximum absolute atomic E-state index is 5.48. The van der Waals surface area contributed by atoms with Crippen LogP contribution < -0.4 is 0 Å². The first-order valence-electron chi connectivity index (χ1n) is 7.28. The summed E-state index contributed by atoms with van der Waals surface area (Å²) in [4.78, 5) is 21.4. The molecular weight excluding hydrogens is 256 g/mol. The molecule has 0 aromatic heterocycles. The summed E-state index contributed by atoms with van der Waals surface area (Å²) in [6.45, 7) is 17.8. The largest absolute Gasteiger partial charge is 0.230 e. The van der Waals surface area contributed by atoms with Crippen LogP contribution in [0.3, 0.4) is 0 Å². The summed E-state index contributed by atoms with van der Waals surface area (Å²) < 4.78 is 0. The Morgan fingerprint density at radius 3 is 1.55 bits per heavy atom. The number of hydrogen-bond acceptors (Lipinski definition) is 4. The molecule has 2 unspecified atom stereocenters. The van der Waals surface area contributed by atoms with Crippen molar-refractivity contribution in [1.29, 1.82) is 0 Å². The van der Waals surface area contributed by atoms with E-state index in [1.807, 2.05) is 60.6 Å². The molecule has 0 aliphatic heterocycles. The molecule has 0 N–H and O–H groups in total. The van der Waals surface area contributed by atoms with Gasteiger partial charge in [-0.25, -0.2) is 19.6 Å². The topological polar surface area (TPSA) is 36.9 Å². The van der Waals surface area contributed by atoms with Crippen molar-refractivity contribution in [2.45, 2.75) is 85.7 Å². The average molecular weight is 288 g/mol. The second-order valence-corrected chi connectivity index (χ2v) is 7.38. The fourth-order valence-corrected chi connectivity index (χ4v) is 1.08. The molecule has 0 amide bonds. The first kappa shape index (κ1) is 19.6. The summed E-state index contributed by atoms with van der Waals surface area (Å²) >= 11 is 0. The maximum atomic E-state index is 5.48. The van der Waals surface area contributed by atoms with Crippen LogP contribution >= 0.6 is 0 Å². The zero-order valence-electron chi connectivity index (χ0n) is 14.5. The van der Waals surface area contributed by atoms with Gasteiger partial charge in [0.1, 0.15) is 12.2 Å². The Kier molecular flexibility index (Phi) is 7.96. The minimum Gasteiger partial charge on any atom is -0.230 e. The molecule has 0 rings (SSSR count). The lowest BCUT2D eigenvalue weighted by molar-refractivity contribution is -0.371. The lowest BCUT2D eigenvalue weighted by Crippen LogP contribution is -2.26. The highest BCUT2D eigenvalue weighted by atomic mass is 17.2. The van der Waals surface area contributed by atoms with E-state index in [0.717, 1.165) is 0 Å². The molecule has 4 nitrogen and oxygen atoms in total. The average Bonchev–Trinajstić information content (AvgIpc) is 2.23. The molecular formula is C16H32O4. The molecule has 120 valence electrons. The van der Waals surface area contributed by atoms with Crippen molar-refractivity contribution in [1.82, 2.24) is 0 Å². The minimum absolute atomic E-state index is 0.116. The molecule has 0 radical (unpaired) electrons. The van der Waals surface area contributed by atoms with E-state index in [2.05, 4.69) is 13.8 Å². The summed E-state index contributed by atoms with van der Waals surface area (Å²) in [7, 11) is 0. The molecule has 0 aromatic rings. The van der Waals surface area contributed by atoms with Gasteiger partial charge in [0, 0.05) is 0 Å². The van der Waals surface area contributed by atoms with E-state index >= 15 is 0 Å². The smallest absolute Gasteiger partial charge is 0.113 e. The lowest BCUT2D eigenvalue weighted by atomic mass is 10.1. The molecule has 0 saturated carbocycles. The van der Waals surface area contributed by atoms with Gasteiger partial charge in [-0.3, -0.25) is 0 Å². The van der Waals surface area contributed by atoms with E-state index < -0.39 is 0 Å². The SMILES string of the molecule is CC(C=CC(OOC(C)(C)C)C(C)C)OOC(C)(C)C. The van der Waals surface area contributed by atoms with E-state index in [-0.39, 0.29) is 23.4 Å². The molecule has 0 aliphatic carbocycles. The third-order valence-corrected chi connectivity index (χ3v) is 2.09. The van der Waals surface area contributed by atoms with Gasteiger partial charge in [0.2, 0.25) is 0 Å². The zero-order chi connectivity index (χ0) is 16.0. The predicted molar refractivity (Wildman–Crippen MR) is 81.1 cm³/mol. The Morgan fingerprint density at radius 2 is 1.15 bits per heavy atom. The summed E-state index contributed by atoms with van der Waals surface area (Å²) in [5.41, 5.74) is -0.635. The Balaban J connectivity index is 4.33. The van der Waals surface area contributed by atoms with E-state index in [0.29, 0.717) is 5.92 Å². The van der Waals surface area contributed by atoms with Gasteiger partial charge in [-0.1, -0.05) is 26.0 Å². The maximum Gasteiger partial charge on any atom is 0.113 e. The highest BCUT2D eigenvalue weighted by Crippen LogP contribution is 2.16. The standard InChI is InChI=1S/C16H32O4/c1-12(2)14(18-20-16(7,8)9)11-10-13(3)17-19-15(4,5)6/h10-14H,1-9H3. The third kappa shape index (κ3) is 11.4. The van der Waals surface area contributed by atoms with Crippen molar-refractivity contribution >= 4 is 0 Å². The van der Waals surface area contributed by atoms with Crippen molar-refractivity contribution < 1.29 is 19.6 Å². The zero-order valence-corrected chi connectivity index (χ0v) is 14.5. The summed E-state index contributed by atoms with van der Waals surface area (Å²) in [6.07, 6.45) is 3.61. The van der Waals surface area contributed by atoms with E-state index in [1.165, 1.54) is 0 Å². The van der Waals surface area contributed by atoms with E-state index in [1.54, 1.807) is 0 Å². The second-order valence-electron chi connectivity index (χ2n) is 7.38. The van der Waals surface area contributed by atoms with Crippen LogP contribution in [0.25, 0.3) is 0 Å². The van der Waals surface area contributed by atoms with Gasteiger partial charge >= 0.3 is 0 Å². The van der Waals surface area contributed by atoms with Crippen LogP contribution in [0.1, 0.15) is 62.3 Å². The van der Waals surface area contributed by atoms with Gasteiger partial charge in [-0.15, -0.1) is 0 Å². The third-order valence-electron chi connectivity index (χ3n) is 2.09. The quantitative estimate of drug-likeness (QED) is 0.394. The molecule has 0 bridgehead atoms. The molecule has 4 heteroatoms. The first-order valence-corrected chi connectivity index (χ1v) is 7.28. The number of rotatable bonds is 7. The van der Waals surface area contributed by atoms with Crippen LogP contribution in [0.15, 0.2) is 12.2 Å². The molecule has 20 heavy (non-hydrogen) atoms. The molecule has 0 fully saturated rings. The van der Waals surface area contributed by atoms with Gasteiger partial charge < -0.3 is 0 Å². The molecule has 0 saturated heterocycles. The molecule has 0 heterocycles. The molecule has 0 spiro atoms. The van der Waals surface area contributed by atoms with Crippen LogP contribution in [-0.2, 0) is 19.6 Å². The van der Waals surface area contributed by atoms with E-state index in [4.69, 9.17) is 19.6 Å². The van der Waals surface area contributed by atoms with Crippen molar-refractivity contribution in [3.8, 4) is 0 Å². The fourth-order valence-electron chi connectivity index (χ4n) is 1.08.